The fourth-order valence-corrected chi connectivity index (χ4v) is 2.64. The second kappa shape index (κ2) is 6.09. The second-order valence-electron chi connectivity index (χ2n) is 5.18. The Kier molecular flexibility index (Phi) is 4.01. The maximum Gasteiger partial charge on any atom is 0.226 e. The fourth-order valence-electron chi connectivity index (χ4n) is 2.64. The highest BCUT2D eigenvalue weighted by Gasteiger charge is 2.34. The highest BCUT2D eigenvalue weighted by Crippen LogP contribution is 2.31. The third kappa shape index (κ3) is 2.97. The lowest BCUT2D eigenvalue weighted by molar-refractivity contribution is -0.135. The molecule has 3 rings (SSSR count). The van der Waals surface area contributed by atoms with E-state index in [1.165, 1.54) is 0 Å². The third-order valence-electron chi connectivity index (χ3n) is 3.81. The molecule has 1 fully saturated rings. The number of hydrogen-bond donors (Lipinski definition) is 2. The Morgan fingerprint density at radius 3 is 3.19 bits per heavy atom. The Labute approximate surface area is 122 Å². The van der Waals surface area contributed by atoms with E-state index >= 15 is 0 Å². The number of imidazole rings is 1. The van der Waals surface area contributed by atoms with E-state index in [-0.39, 0.29) is 17.9 Å². The van der Waals surface area contributed by atoms with Crippen LogP contribution in [0.15, 0.2) is 24.7 Å². The number of aromatic nitrogens is 4. The van der Waals surface area contributed by atoms with Crippen LogP contribution in [0, 0.1) is 5.92 Å². The van der Waals surface area contributed by atoms with Gasteiger partial charge in [0.15, 0.2) is 0 Å². The summed E-state index contributed by atoms with van der Waals surface area (Å²) in [6, 6.07) is 1.89. The predicted molar refractivity (Wildman–Crippen MR) is 75.1 cm³/mol. The molecule has 112 valence electrons. The molecule has 21 heavy (non-hydrogen) atoms. The zero-order valence-corrected chi connectivity index (χ0v) is 12.0. The number of carbonyl (C=O) groups is 1. The van der Waals surface area contributed by atoms with Gasteiger partial charge in [-0.15, -0.1) is 0 Å². The van der Waals surface area contributed by atoms with Crippen LogP contribution in [0.4, 0.5) is 0 Å². The maximum absolute atomic E-state index is 12.4. The van der Waals surface area contributed by atoms with Crippen molar-refractivity contribution in [3.63, 3.8) is 0 Å². The van der Waals surface area contributed by atoms with E-state index in [9.17, 15) is 4.79 Å². The molecule has 2 aromatic heterocycles. The summed E-state index contributed by atoms with van der Waals surface area (Å²) in [5, 5.41) is 7.05. The zero-order chi connectivity index (χ0) is 14.7. The molecule has 1 aliphatic heterocycles. The van der Waals surface area contributed by atoms with Gasteiger partial charge in [-0.05, 0) is 18.9 Å². The summed E-state index contributed by atoms with van der Waals surface area (Å²) in [4.78, 5) is 19.7. The lowest BCUT2D eigenvalue weighted by atomic mass is 9.93. The van der Waals surface area contributed by atoms with Crippen LogP contribution in [0.25, 0.3) is 0 Å². The number of aromatic amines is 1. The number of hydrogen-bond acceptors (Lipinski definition) is 4. The number of ether oxygens (including phenoxy) is 1. The maximum atomic E-state index is 12.4. The van der Waals surface area contributed by atoms with Crippen molar-refractivity contribution in [2.75, 3.05) is 6.61 Å². The SMILES string of the molecule is Cn1nccc1CNC(=O)[C@@H]1CCCO[C@H]1c1ncc[nH]1. The van der Waals surface area contributed by atoms with E-state index in [4.69, 9.17) is 4.74 Å². The first kappa shape index (κ1) is 13.8. The van der Waals surface area contributed by atoms with Gasteiger partial charge in [-0.3, -0.25) is 9.48 Å². The molecule has 0 saturated carbocycles. The van der Waals surface area contributed by atoms with E-state index in [1.807, 2.05) is 13.1 Å². The molecule has 1 amide bonds. The molecule has 2 aromatic rings. The van der Waals surface area contributed by atoms with Crippen molar-refractivity contribution in [3.8, 4) is 0 Å². The summed E-state index contributed by atoms with van der Waals surface area (Å²) in [7, 11) is 1.86. The molecule has 2 atom stereocenters. The molecule has 0 unspecified atom stereocenters. The summed E-state index contributed by atoms with van der Waals surface area (Å²) < 4.78 is 7.50. The number of carbonyl (C=O) groups excluding carboxylic acids is 1. The smallest absolute Gasteiger partial charge is 0.226 e. The average Bonchev–Trinajstić information content (AvgIpc) is 3.16. The summed E-state index contributed by atoms with van der Waals surface area (Å²) in [6.45, 7) is 1.13. The van der Waals surface area contributed by atoms with Gasteiger partial charge in [0.2, 0.25) is 5.91 Å². The van der Waals surface area contributed by atoms with Crippen LogP contribution < -0.4 is 5.32 Å². The number of aryl methyl sites for hydroxylation is 1. The van der Waals surface area contributed by atoms with Gasteiger partial charge < -0.3 is 15.0 Å². The largest absolute Gasteiger partial charge is 0.369 e. The Morgan fingerprint density at radius 2 is 2.48 bits per heavy atom. The Bertz CT molecular complexity index is 592. The molecule has 0 aliphatic carbocycles. The summed E-state index contributed by atoms with van der Waals surface area (Å²) >= 11 is 0. The van der Waals surface area contributed by atoms with Gasteiger partial charge in [-0.2, -0.15) is 5.10 Å². The van der Waals surface area contributed by atoms with E-state index in [0.29, 0.717) is 13.2 Å². The van der Waals surface area contributed by atoms with Crippen molar-refractivity contribution in [1.29, 1.82) is 0 Å². The zero-order valence-electron chi connectivity index (χ0n) is 12.0. The fraction of sp³-hybridized carbons (Fsp3) is 0.500. The molecule has 0 spiro atoms. The van der Waals surface area contributed by atoms with Crippen molar-refractivity contribution in [3.05, 3.63) is 36.2 Å². The predicted octanol–water partition coefficient (Wildman–Crippen LogP) is 0.927. The van der Waals surface area contributed by atoms with Crippen LogP contribution in [0.5, 0.6) is 0 Å². The minimum atomic E-state index is -0.291. The number of H-pyrrole nitrogens is 1. The van der Waals surface area contributed by atoms with Gasteiger partial charge in [0.05, 0.1) is 18.2 Å². The Morgan fingerprint density at radius 1 is 1.57 bits per heavy atom. The third-order valence-corrected chi connectivity index (χ3v) is 3.81. The van der Waals surface area contributed by atoms with E-state index in [1.54, 1.807) is 23.3 Å². The number of amides is 1. The van der Waals surface area contributed by atoms with Gasteiger partial charge in [-0.25, -0.2) is 4.98 Å². The highest BCUT2D eigenvalue weighted by molar-refractivity contribution is 5.79. The molecule has 0 radical (unpaired) electrons. The number of rotatable bonds is 4. The lowest BCUT2D eigenvalue weighted by Gasteiger charge is -2.29. The van der Waals surface area contributed by atoms with Crippen molar-refractivity contribution < 1.29 is 9.53 Å². The van der Waals surface area contributed by atoms with Crippen molar-refractivity contribution in [1.82, 2.24) is 25.1 Å². The summed E-state index contributed by atoms with van der Waals surface area (Å²) in [5.41, 5.74) is 0.967. The molecule has 3 heterocycles. The first-order valence-electron chi connectivity index (χ1n) is 7.11. The van der Waals surface area contributed by atoms with Crippen molar-refractivity contribution >= 4 is 5.91 Å². The number of nitrogens with one attached hydrogen (secondary N) is 2. The number of nitrogens with zero attached hydrogens (tertiary/aromatic N) is 3. The monoisotopic (exact) mass is 289 g/mol. The highest BCUT2D eigenvalue weighted by atomic mass is 16.5. The van der Waals surface area contributed by atoms with Crippen LogP contribution in [0.1, 0.15) is 30.5 Å². The average molecular weight is 289 g/mol. The van der Waals surface area contributed by atoms with Crippen LogP contribution in [0.2, 0.25) is 0 Å². The van der Waals surface area contributed by atoms with Crippen LogP contribution in [-0.2, 0) is 23.1 Å². The molecule has 2 N–H and O–H groups in total. The van der Waals surface area contributed by atoms with E-state index in [0.717, 1.165) is 24.4 Å². The summed E-state index contributed by atoms with van der Waals surface area (Å²) in [6.07, 6.45) is 6.55. The van der Waals surface area contributed by atoms with Gasteiger partial charge >= 0.3 is 0 Å². The topological polar surface area (TPSA) is 84.8 Å². The van der Waals surface area contributed by atoms with Gasteiger partial charge in [0.25, 0.3) is 0 Å². The standard InChI is InChI=1S/C14H19N5O2/c1-19-10(4-5-18-19)9-17-14(20)11-3-2-8-21-12(11)13-15-6-7-16-13/h4-7,11-12H,2-3,8-9H2,1H3,(H,15,16)(H,17,20)/t11-,12-/m1/s1. The molecule has 0 aromatic carbocycles. The quantitative estimate of drug-likeness (QED) is 0.877. The normalized spacial score (nSPS) is 22.1. The van der Waals surface area contributed by atoms with Crippen LogP contribution in [0.3, 0.4) is 0 Å². The molecule has 1 saturated heterocycles. The molecular weight excluding hydrogens is 270 g/mol. The molecular formula is C14H19N5O2. The van der Waals surface area contributed by atoms with Crippen molar-refractivity contribution in [2.24, 2.45) is 13.0 Å². The minimum Gasteiger partial charge on any atom is -0.369 e. The van der Waals surface area contributed by atoms with Crippen LogP contribution in [-0.4, -0.2) is 32.3 Å². The van der Waals surface area contributed by atoms with Gasteiger partial charge in [-0.1, -0.05) is 0 Å². The van der Waals surface area contributed by atoms with Gasteiger partial charge in [0.1, 0.15) is 11.9 Å². The molecule has 1 aliphatic rings. The lowest BCUT2D eigenvalue weighted by Crippen LogP contribution is -2.37. The van der Waals surface area contributed by atoms with Crippen LogP contribution >= 0.6 is 0 Å². The molecule has 7 nitrogen and oxygen atoms in total. The molecule has 7 heteroatoms. The van der Waals surface area contributed by atoms with E-state index in [2.05, 4.69) is 20.4 Å². The molecule has 0 bridgehead atoms. The van der Waals surface area contributed by atoms with E-state index < -0.39 is 0 Å². The minimum absolute atomic E-state index is 0.00250. The van der Waals surface area contributed by atoms with Gasteiger partial charge in [0, 0.05) is 32.2 Å². The summed E-state index contributed by atoms with van der Waals surface area (Å²) in [5.74, 6) is 0.505. The Balaban J connectivity index is 1.65. The van der Waals surface area contributed by atoms with Crippen molar-refractivity contribution in [2.45, 2.75) is 25.5 Å². The first-order valence-corrected chi connectivity index (χ1v) is 7.11. The first-order chi connectivity index (χ1) is 10.3. The Hall–Kier alpha value is -2.15. The second-order valence-corrected chi connectivity index (χ2v) is 5.18.